The van der Waals surface area contributed by atoms with Crippen LogP contribution in [0.2, 0.25) is 0 Å². The van der Waals surface area contributed by atoms with Gasteiger partial charge in [-0.25, -0.2) is 4.79 Å². The van der Waals surface area contributed by atoms with Crippen molar-refractivity contribution in [2.75, 3.05) is 31.3 Å². The number of methoxy groups -OCH3 is 1. The first-order valence-electron chi connectivity index (χ1n) is 4.90. The number of carbonyl (C=O) groups excluding carboxylic acids is 2. The molecular weight excluding hydrogens is 278 g/mol. The standard InChI is InChI=1S/C8H13N5O3S2/c1-16-3-2-10-7-12-13-8(18-7)17-4-5(14)11-6(9)15/h2-4H2,1H3,(H,10,12)(H3,9,11,14,15). The third-order valence-corrected chi connectivity index (χ3v) is 3.59. The Hall–Kier alpha value is -1.39. The summed E-state index contributed by atoms with van der Waals surface area (Å²) in [4.78, 5) is 21.5. The zero-order chi connectivity index (χ0) is 13.4. The van der Waals surface area contributed by atoms with Gasteiger partial charge in [0.05, 0.1) is 12.4 Å². The van der Waals surface area contributed by atoms with Gasteiger partial charge in [0.2, 0.25) is 11.0 Å². The van der Waals surface area contributed by atoms with E-state index >= 15 is 0 Å². The summed E-state index contributed by atoms with van der Waals surface area (Å²) in [6, 6.07) is -0.861. The van der Waals surface area contributed by atoms with Crippen LogP contribution in [0.3, 0.4) is 0 Å². The zero-order valence-corrected chi connectivity index (χ0v) is 11.3. The summed E-state index contributed by atoms with van der Waals surface area (Å²) in [7, 11) is 1.61. The van der Waals surface area contributed by atoms with Crippen molar-refractivity contribution in [2.24, 2.45) is 5.73 Å². The number of primary amides is 1. The van der Waals surface area contributed by atoms with Crippen molar-refractivity contribution in [3.8, 4) is 0 Å². The highest BCUT2D eigenvalue weighted by Gasteiger charge is 2.08. The van der Waals surface area contributed by atoms with Gasteiger partial charge in [0.25, 0.3) is 0 Å². The Morgan fingerprint density at radius 1 is 1.50 bits per heavy atom. The topological polar surface area (TPSA) is 119 Å². The van der Waals surface area contributed by atoms with E-state index < -0.39 is 11.9 Å². The van der Waals surface area contributed by atoms with Crippen molar-refractivity contribution < 1.29 is 14.3 Å². The number of amides is 3. The van der Waals surface area contributed by atoms with Crippen molar-refractivity contribution in [3.05, 3.63) is 0 Å². The summed E-state index contributed by atoms with van der Waals surface area (Å²) in [5.41, 5.74) is 4.81. The van der Waals surface area contributed by atoms with Crippen molar-refractivity contribution in [2.45, 2.75) is 4.34 Å². The number of nitrogens with two attached hydrogens (primary N) is 1. The lowest BCUT2D eigenvalue weighted by Gasteiger charge is -1.99. The van der Waals surface area contributed by atoms with E-state index in [0.29, 0.717) is 22.6 Å². The molecule has 0 aliphatic carbocycles. The summed E-state index contributed by atoms with van der Waals surface area (Å²) >= 11 is 2.51. The van der Waals surface area contributed by atoms with Gasteiger partial charge in [0.1, 0.15) is 0 Å². The number of nitrogens with zero attached hydrogens (tertiary/aromatic N) is 2. The SMILES string of the molecule is COCCNc1nnc(SCC(=O)NC(N)=O)s1. The summed E-state index contributed by atoms with van der Waals surface area (Å²) in [5.74, 6) is -0.396. The van der Waals surface area contributed by atoms with E-state index in [4.69, 9.17) is 10.5 Å². The maximum Gasteiger partial charge on any atom is 0.318 e. The molecule has 0 bridgehead atoms. The molecule has 0 aliphatic rings. The predicted octanol–water partition coefficient (Wildman–Crippen LogP) is -0.117. The number of urea groups is 1. The molecule has 0 fully saturated rings. The minimum absolute atomic E-state index is 0.0651. The molecule has 0 aromatic carbocycles. The Bertz CT molecular complexity index is 411. The lowest BCUT2D eigenvalue weighted by Crippen LogP contribution is -2.36. The van der Waals surface area contributed by atoms with Crippen LogP contribution in [0.25, 0.3) is 0 Å². The van der Waals surface area contributed by atoms with Gasteiger partial charge in [-0.3, -0.25) is 10.1 Å². The summed E-state index contributed by atoms with van der Waals surface area (Å²) < 4.78 is 5.51. The molecule has 1 heterocycles. The van der Waals surface area contributed by atoms with E-state index in [9.17, 15) is 9.59 Å². The van der Waals surface area contributed by atoms with E-state index in [1.54, 1.807) is 7.11 Å². The number of ether oxygens (including phenoxy) is 1. The minimum Gasteiger partial charge on any atom is -0.383 e. The van der Waals surface area contributed by atoms with Crippen molar-refractivity contribution in [1.82, 2.24) is 15.5 Å². The Morgan fingerprint density at radius 3 is 2.94 bits per heavy atom. The van der Waals surface area contributed by atoms with Crippen LogP contribution in [0.5, 0.6) is 0 Å². The third-order valence-electron chi connectivity index (χ3n) is 1.58. The van der Waals surface area contributed by atoms with Crippen LogP contribution in [0, 0.1) is 0 Å². The van der Waals surface area contributed by atoms with E-state index in [0.717, 1.165) is 0 Å². The molecule has 4 N–H and O–H groups in total. The number of thioether (sulfide) groups is 1. The number of aromatic nitrogens is 2. The molecule has 1 rings (SSSR count). The molecule has 10 heteroatoms. The highest BCUT2D eigenvalue weighted by Crippen LogP contribution is 2.24. The molecule has 0 aliphatic heterocycles. The fraction of sp³-hybridized carbons (Fsp3) is 0.500. The van der Waals surface area contributed by atoms with E-state index in [1.807, 2.05) is 5.32 Å². The molecule has 3 amide bonds. The number of anilines is 1. The normalized spacial score (nSPS) is 10.1. The highest BCUT2D eigenvalue weighted by molar-refractivity contribution is 8.01. The number of carbonyl (C=O) groups is 2. The van der Waals surface area contributed by atoms with Gasteiger partial charge < -0.3 is 15.8 Å². The lowest BCUT2D eigenvalue weighted by molar-refractivity contribution is -0.117. The van der Waals surface area contributed by atoms with Crippen LogP contribution in [-0.4, -0.2) is 48.1 Å². The molecule has 0 radical (unpaired) electrons. The molecule has 0 saturated carbocycles. The molecule has 1 aromatic rings. The van der Waals surface area contributed by atoms with E-state index in [2.05, 4.69) is 15.5 Å². The molecular formula is C8H13N5O3S2. The summed E-state index contributed by atoms with van der Waals surface area (Å²) in [6.07, 6.45) is 0. The first-order chi connectivity index (χ1) is 8.61. The molecule has 100 valence electrons. The second-order valence-electron chi connectivity index (χ2n) is 2.99. The van der Waals surface area contributed by atoms with Gasteiger partial charge in [-0.05, 0) is 0 Å². The van der Waals surface area contributed by atoms with Crippen LogP contribution in [0.1, 0.15) is 0 Å². The number of nitrogens with one attached hydrogen (secondary N) is 2. The Kier molecular flexibility index (Phi) is 6.39. The summed E-state index contributed by atoms with van der Waals surface area (Å²) in [5, 5.41) is 13.4. The Balaban J connectivity index is 2.30. The second kappa shape index (κ2) is 7.84. The van der Waals surface area contributed by atoms with Gasteiger partial charge >= 0.3 is 6.03 Å². The third kappa shape index (κ3) is 5.80. The van der Waals surface area contributed by atoms with Crippen molar-refractivity contribution in [3.63, 3.8) is 0 Å². The molecule has 0 spiro atoms. The fourth-order valence-electron chi connectivity index (χ4n) is 0.900. The maximum atomic E-state index is 11.1. The number of rotatable bonds is 7. The molecule has 8 nitrogen and oxygen atoms in total. The average Bonchev–Trinajstić information content (AvgIpc) is 2.74. The molecule has 1 aromatic heterocycles. The predicted molar refractivity (Wildman–Crippen MR) is 68.7 cm³/mol. The lowest BCUT2D eigenvalue weighted by atomic mass is 10.7. The molecule has 0 saturated heterocycles. The van der Waals surface area contributed by atoms with Gasteiger partial charge in [-0.1, -0.05) is 23.1 Å². The quantitative estimate of drug-likeness (QED) is 0.473. The zero-order valence-electron chi connectivity index (χ0n) is 9.63. The molecule has 0 unspecified atom stereocenters. The number of imide groups is 1. The smallest absolute Gasteiger partial charge is 0.318 e. The average molecular weight is 291 g/mol. The van der Waals surface area contributed by atoms with Crippen LogP contribution < -0.4 is 16.4 Å². The van der Waals surface area contributed by atoms with Gasteiger partial charge in [0, 0.05) is 13.7 Å². The summed E-state index contributed by atoms with van der Waals surface area (Å²) in [6.45, 7) is 1.21. The van der Waals surface area contributed by atoms with Gasteiger partial charge in [-0.2, -0.15) is 0 Å². The van der Waals surface area contributed by atoms with Crippen molar-refractivity contribution in [1.29, 1.82) is 0 Å². The van der Waals surface area contributed by atoms with Crippen LogP contribution >= 0.6 is 23.1 Å². The minimum atomic E-state index is -0.861. The van der Waals surface area contributed by atoms with Gasteiger partial charge in [-0.15, -0.1) is 10.2 Å². The van der Waals surface area contributed by atoms with Crippen LogP contribution in [0.15, 0.2) is 4.34 Å². The number of hydrogen-bond donors (Lipinski definition) is 3. The fourth-order valence-corrected chi connectivity index (χ4v) is 2.48. The Labute approximate surface area is 112 Å². The maximum absolute atomic E-state index is 11.1. The molecule has 0 atom stereocenters. The highest BCUT2D eigenvalue weighted by atomic mass is 32.2. The van der Waals surface area contributed by atoms with Crippen LogP contribution in [-0.2, 0) is 9.53 Å². The monoisotopic (exact) mass is 291 g/mol. The number of hydrogen-bond acceptors (Lipinski definition) is 8. The van der Waals surface area contributed by atoms with Crippen molar-refractivity contribution >= 4 is 40.2 Å². The van der Waals surface area contributed by atoms with Gasteiger partial charge in [0.15, 0.2) is 4.34 Å². The largest absolute Gasteiger partial charge is 0.383 e. The second-order valence-corrected chi connectivity index (χ2v) is 5.19. The first kappa shape index (κ1) is 14.7. The van der Waals surface area contributed by atoms with Crippen LogP contribution in [0.4, 0.5) is 9.93 Å². The Morgan fingerprint density at radius 2 is 2.28 bits per heavy atom. The van der Waals surface area contributed by atoms with E-state index in [-0.39, 0.29) is 5.75 Å². The first-order valence-corrected chi connectivity index (χ1v) is 6.70. The molecule has 18 heavy (non-hydrogen) atoms. The van der Waals surface area contributed by atoms with E-state index in [1.165, 1.54) is 23.1 Å².